The summed E-state index contributed by atoms with van der Waals surface area (Å²) in [6.45, 7) is 3.54. The number of hydrogen-bond acceptors (Lipinski definition) is 4. The Hall–Kier alpha value is -2.07. The van der Waals surface area contributed by atoms with E-state index in [4.69, 9.17) is 16.3 Å². The quantitative estimate of drug-likeness (QED) is 0.217. The van der Waals surface area contributed by atoms with Crippen molar-refractivity contribution in [2.24, 2.45) is 4.99 Å². The Labute approximate surface area is 187 Å². The number of nitrogens with zero attached hydrogens (tertiary/aromatic N) is 2. The molecule has 0 saturated heterocycles. The number of carbonyl (C=O) groups excluding carboxylic acids is 1. The number of amides is 1. The summed E-state index contributed by atoms with van der Waals surface area (Å²) in [5, 5.41) is 9.82. The zero-order valence-corrected chi connectivity index (χ0v) is 18.9. The number of halogens is 2. The van der Waals surface area contributed by atoms with Gasteiger partial charge in [-0.25, -0.2) is 0 Å². The largest absolute Gasteiger partial charge is 0.489 e. The number of rotatable bonds is 8. The van der Waals surface area contributed by atoms with E-state index in [9.17, 15) is 4.79 Å². The lowest BCUT2D eigenvalue weighted by Gasteiger charge is -2.18. The van der Waals surface area contributed by atoms with E-state index < -0.39 is 0 Å². The van der Waals surface area contributed by atoms with Gasteiger partial charge in [0.2, 0.25) is 0 Å². The van der Waals surface area contributed by atoms with Gasteiger partial charge in [0.25, 0.3) is 5.91 Å². The minimum absolute atomic E-state index is 0. The van der Waals surface area contributed by atoms with Gasteiger partial charge >= 0.3 is 0 Å². The van der Waals surface area contributed by atoms with Crippen LogP contribution < -0.4 is 20.7 Å². The van der Waals surface area contributed by atoms with Crippen molar-refractivity contribution in [3.8, 4) is 5.75 Å². The Balaban J connectivity index is 0.00000392. The van der Waals surface area contributed by atoms with E-state index >= 15 is 0 Å². The van der Waals surface area contributed by atoms with Gasteiger partial charge in [0.1, 0.15) is 11.9 Å². The third-order valence-electron chi connectivity index (χ3n) is 3.56. The summed E-state index contributed by atoms with van der Waals surface area (Å²) in [4.78, 5) is 20.0. The molecular formula is C19H25ClIN5O2. The molecule has 0 spiro atoms. The third-order valence-corrected chi connectivity index (χ3v) is 3.81. The fourth-order valence-electron chi connectivity index (χ4n) is 2.20. The molecule has 28 heavy (non-hydrogen) atoms. The first-order valence-corrected chi connectivity index (χ1v) is 9.01. The van der Waals surface area contributed by atoms with Crippen LogP contribution in [0.3, 0.4) is 0 Å². The molecule has 0 aliphatic carbocycles. The summed E-state index contributed by atoms with van der Waals surface area (Å²) in [6.07, 6.45) is 3.10. The number of nitrogens with one attached hydrogen (secondary N) is 3. The standard InChI is InChI=1S/C19H24ClN5O2.HI/c1-14(27-17-7-5-16(20)6-8-17)12-25-19(21-2)24-11-10-23-18(26)15-4-3-9-22-13-15;/h3-9,13-14H,10-12H2,1-2H3,(H,23,26)(H2,21,24,25);1H. The van der Waals surface area contributed by atoms with E-state index in [0.29, 0.717) is 36.2 Å². The molecule has 3 N–H and O–H groups in total. The summed E-state index contributed by atoms with van der Waals surface area (Å²) in [6, 6.07) is 10.7. The van der Waals surface area contributed by atoms with Crippen molar-refractivity contribution in [1.29, 1.82) is 0 Å². The Bertz CT molecular complexity index is 744. The number of pyridine rings is 1. The van der Waals surface area contributed by atoms with Crippen LogP contribution in [0.4, 0.5) is 0 Å². The Morgan fingerprint density at radius 3 is 2.54 bits per heavy atom. The molecule has 0 bridgehead atoms. The molecule has 7 nitrogen and oxygen atoms in total. The molecule has 1 heterocycles. The third kappa shape index (κ3) is 8.75. The molecule has 9 heteroatoms. The van der Waals surface area contributed by atoms with Crippen LogP contribution >= 0.6 is 35.6 Å². The Morgan fingerprint density at radius 2 is 1.89 bits per heavy atom. The van der Waals surface area contributed by atoms with Crippen LogP contribution in [0.15, 0.2) is 53.8 Å². The zero-order valence-electron chi connectivity index (χ0n) is 15.8. The molecule has 152 valence electrons. The molecule has 0 radical (unpaired) electrons. The van der Waals surface area contributed by atoms with E-state index in [1.165, 1.54) is 6.20 Å². The normalized spacial score (nSPS) is 11.8. The van der Waals surface area contributed by atoms with Gasteiger partial charge in [-0.3, -0.25) is 14.8 Å². The van der Waals surface area contributed by atoms with Crippen LogP contribution in [0.5, 0.6) is 5.75 Å². The lowest BCUT2D eigenvalue weighted by Crippen LogP contribution is -2.44. The van der Waals surface area contributed by atoms with Gasteiger partial charge in [0.15, 0.2) is 5.96 Å². The maximum Gasteiger partial charge on any atom is 0.252 e. The van der Waals surface area contributed by atoms with Crippen molar-refractivity contribution in [3.63, 3.8) is 0 Å². The highest BCUT2D eigenvalue weighted by Crippen LogP contribution is 2.16. The molecule has 1 aromatic carbocycles. The second-order valence-corrected chi connectivity index (χ2v) is 6.20. The minimum atomic E-state index is -0.155. The topological polar surface area (TPSA) is 87.6 Å². The summed E-state index contributed by atoms with van der Waals surface area (Å²) >= 11 is 5.86. The fourth-order valence-corrected chi connectivity index (χ4v) is 2.33. The highest BCUT2D eigenvalue weighted by molar-refractivity contribution is 14.0. The number of carbonyl (C=O) groups is 1. The SMILES string of the molecule is CN=C(NCCNC(=O)c1cccnc1)NCC(C)Oc1ccc(Cl)cc1.I. The second kappa shape index (κ2) is 13.2. The molecule has 2 aromatic rings. The van der Waals surface area contributed by atoms with Gasteiger partial charge < -0.3 is 20.7 Å². The summed E-state index contributed by atoms with van der Waals surface area (Å²) < 4.78 is 5.80. The monoisotopic (exact) mass is 517 g/mol. The number of hydrogen-bond donors (Lipinski definition) is 3. The summed E-state index contributed by atoms with van der Waals surface area (Å²) in [5.74, 6) is 1.24. The molecule has 0 fully saturated rings. The first-order valence-electron chi connectivity index (χ1n) is 8.63. The van der Waals surface area contributed by atoms with E-state index in [1.807, 2.05) is 19.1 Å². The number of ether oxygens (including phenoxy) is 1. The molecular weight excluding hydrogens is 493 g/mol. The van der Waals surface area contributed by atoms with E-state index in [-0.39, 0.29) is 36.0 Å². The first kappa shape index (κ1) is 24.0. The fraction of sp³-hybridized carbons (Fsp3) is 0.316. The molecule has 1 atom stereocenters. The van der Waals surface area contributed by atoms with Gasteiger partial charge in [-0.15, -0.1) is 24.0 Å². The van der Waals surface area contributed by atoms with Crippen molar-refractivity contribution in [2.75, 3.05) is 26.7 Å². The van der Waals surface area contributed by atoms with Crippen LogP contribution in [-0.4, -0.2) is 49.6 Å². The van der Waals surface area contributed by atoms with Gasteiger partial charge in [0, 0.05) is 37.6 Å². The molecule has 0 saturated carbocycles. The van der Waals surface area contributed by atoms with E-state index in [0.717, 1.165) is 5.75 Å². The molecule has 2 rings (SSSR count). The van der Waals surface area contributed by atoms with Crippen LogP contribution in [0, 0.1) is 0 Å². The van der Waals surface area contributed by atoms with Crippen molar-refractivity contribution in [1.82, 2.24) is 20.9 Å². The van der Waals surface area contributed by atoms with E-state index in [2.05, 4.69) is 25.9 Å². The lowest BCUT2D eigenvalue weighted by molar-refractivity contribution is 0.0954. The van der Waals surface area contributed by atoms with Crippen LogP contribution in [-0.2, 0) is 0 Å². The van der Waals surface area contributed by atoms with Crippen molar-refractivity contribution in [2.45, 2.75) is 13.0 Å². The number of guanidine groups is 1. The van der Waals surface area contributed by atoms with Crippen molar-refractivity contribution >= 4 is 47.4 Å². The average molecular weight is 518 g/mol. The molecule has 1 amide bonds. The predicted octanol–water partition coefficient (Wildman–Crippen LogP) is 2.72. The Morgan fingerprint density at radius 1 is 1.18 bits per heavy atom. The minimum Gasteiger partial charge on any atom is -0.489 e. The van der Waals surface area contributed by atoms with Crippen molar-refractivity contribution < 1.29 is 9.53 Å². The highest BCUT2D eigenvalue weighted by atomic mass is 127. The Kier molecular flexibility index (Phi) is 11.3. The van der Waals surface area contributed by atoms with Crippen LogP contribution in [0.2, 0.25) is 5.02 Å². The molecule has 0 aliphatic heterocycles. The molecule has 1 unspecified atom stereocenters. The van der Waals surface area contributed by atoms with Crippen LogP contribution in [0.25, 0.3) is 0 Å². The number of aliphatic imine (C=N–C) groups is 1. The molecule has 0 aliphatic rings. The maximum absolute atomic E-state index is 11.9. The van der Waals surface area contributed by atoms with Crippen LogP contribution in [0.1, 0.15) is 17.3 Å². The number of benzene rings is 1. The predicted molar refractivity (Wildman–Crippen MR) is 123 cm³/mol. The number of aromatic nitrogens is 1. The average Bonchev–Trinajstić information content (AvgIpc) is 2.69. The van der Waals surface area contributed by atoms with Gasteiger partial charge in [-0.1, -0.05) is 11.6 Å². The smallest absolute Gasteiger partial charge is 0.252 e. The highest BCUT2D eigenvalue weighted by Gasteiger charge is 2.07. The van der Waals surface area contributed by atoms with Crippen molar-refractivity contribution in [3.05, 3.63) is 59.4 Å². The first-order chi connectivity index (χ1) is 13.1. The second-order valence-electron chi connectivity index (χ2n) is 5.76. The van der Waals surface area contributed by atoms with Gasteiger partial charge in [-0.2, -0.15) is 0 Å². The molecule has 1 aromatic heterocycles. The maximum atomic E-state index is 11.9. The van der Waals surface area contributed by atoms with E-state index in [1.54, 1.807) is 37.5 Å². The van der Waals surface area contributed by atoms with Gasteiger partial charge in [0.05, 0.1) is 12.1 Å². The lowest BCUT2D eigenvalue weighted by atomic mass is 10.3. The van der Waals surface area contributed by atoms with Gasteiger partial charge in [-0.05, 0) is 43.3 Å². The summed E-state index contributed by atoms with van der Waals surface area (Å²) in [7, 11) is 1.69. The summed E-state index contributed by atoms with van der Waals surface area (Å²) in [5.41, 5.74) is 0.535. The zero-order chi connectivity index (χ0) is 19.5.